The molecule has 0 fully saturated rings. The van der Waals surface area contributed by atoms with Crippen LogP contribution in [0.2, 0.25) is 0 Å². The van der Waals surface area contributed by atoms with Gasteiger partial charge in [0, 0.05) is 49.3 Å². The fourth-order valence-electron chi connectivity index (χ4n) is 5.13. The first-order valence-electron chi connectivity index (χ1n) is 15.9. The topological polar surface area (TPSA) is 100 Å². The highest BCUT2D eigenvalue weighted by Gasteiger charge is 2.09. The van der Waals surface area contributed by atoms with Crippen molar-refractivity contribution in [1.29, 1.82) is 0 Å². The van der Waals surface area contributed by atoms with Crippen LogP contribution in [0, 0.1) is 0 Å². The molecule has 7 nitrogen and oxygen atoms in total. The van der Waals surface area contributed by atoms with Crippen molar-refractivity contribution in [1.82, 2.24) is 10.6 Å². The van der Waals surface area contributed by atoms with Gasteiger partial charge >= 0.3 is 0 Å². The Bertz CT molecular complexity index is 1760. The minimum Gasteiger partial charge on any atom is -0.491 e. The molecule has 4 N–H and O–H groups in total. The average molecular weight is 621 g/mol. The van der Waals surface area contributed by atoms with Crippen LogP contribution in [-0.4, -0.2) is 48.7 Å². The lowest BCUT2D eigenvalue weighted by atomic mass is 10.1. The van der Waals surface area contributed by atoms with E-state index in [1.165, 1.54) is 16.7 Å². The molecule has 0 radical (unpaired) electrons. The molecule has 2 aromatic heterocycles. The molecular weight excluding hydrogens is 576 g/mol. The minimum atomic E-state index is -0.531. The van der Waals surface area contributed by atoms with E-state index in [0.29, 0.717) is 19.1 Å². The molecule has 6 rings (SSSR count). The fraction of sp³-hybridized carbons (Fsp3) is 0.282. The first-order chi connectivity index (χ1) is 22.4. The standard InChI is InChI=1S/C21H25NO3.C18H19NO2/c1-15(2)22-13-18(23)14-24-19-8-9-21-17(11-19)12-20(25-21)10-16-6-4-3-5-7-16;20-9-8-19-13-15-6-7-18-16(10-15)12-17(21-18)11-14-4-2-1-3-5-14/h3-9,11-12,15,18,22-23H,10,13-14H2,1-2H3;1-7,10,12,19-20H,8-9,11,13H2. The summed E-state index contributed by atoms with van der Waals surface area (Å²) in [5.41, 5.74) is 5.44. The predicted molar refractivity (Wildman–Crippen MR) is 184 cm³/mol. The van der Waals surface area contributed by atoms with Crippen molar-refractivity contribution in [3.05, 3.63) is 137 Å². The molecule has 0 aliphatic heterocycles. The van der Waals surface area contributed by atoms with Crippen LogP contribution in [0.15, 0.2) is 118 Å². The quantitative estimate of drug-likeness (QED) is 0.0987. The van der Waals surface area contributed by atoms with Crippen LogP contribution in [0.5, 0.6) is 5.75 Å². The highest BCUT2D eigenvalue weighted by atomic mass is 16.5. The highest BCUT2D eigenvalue weighted by Crippen LogP contribution is 2.26. The smallest absolute Gasteiger partial charge is 0.134 e. The summed E-state index contributed by atoms with van der Waals surface area (Å²) < 4.78 is 17.5. The Hall–Kier alpha value is -4.40. The van der Waals surface area contributed by atoms with Gasteiger partial charge in [0.15, 0.2) is 0 Å². The molecule has 0 saturated carbocycles. The normalized spacial score (nSPS) is 11.9. The lowest BCUT2D eigenvalue weighted by Gasteiger charge is -2.14. The Morgan fingerprint density at radius 2 is 1.28 bits per heavy atom. The summed E-state index contributed by atoms with van der Waals surface area (Å²) in [5, 5.41) is 27.2. The molecule has 4 aromatic carbocycles. The Kier molecular flexibility index (Phi) is 12.0. The number of nitrogens with one attached hydrogen (secondary N) is 2. The number of fused-ring (bicyclic) bond motifs is 2. The van der Waals surface area contributed by atoms with Crippen molar-refractivity contribution in [2.45, 2.75) is 45.4 Å². The second-order valence-corrected chi connectivity index (χ2v) is 11.8. The zero-order chi connectivity index (χ0) is 32.1. The van der Waals surface area contributed by atoms with Gasteiger partial charge in [-0.2, -0.15) is 0 Å². The SMILES string of the molecule is CC(C)NCC(O)COc1ccc2oc(Cc3ccccc3)cc2c1.OCCNCc1ccc2oc(Cc3ccccc3)cc2c1. The van der Waals surface area contributed by atoms with E-state index in [2.05, 4.69) is 53.1 Å². The van der Waals surface area contributed by atoms with Crippen molar-refractivity contribution in [3.63, 3.8) is 0 Å². The second-order valence-electron chi connectivity index (χ2n) is 11.8. The Morgan fingerprint density at radius 1 is 0.696 bits per heavy atom. The Balaban J connectivity index is 0.000000184. The molecular formula is C39H44N2O5. The number of aliphatic hydroxyl groups excluding tert-OH is 2. The molecule has 0 amide bonds. The first kappa shape index (κ1) is 33.0. The van der Waals surface area contributed by atoms with Gasteiger partial charge < -0.3 is 34.4 Å². The summed E-state index contributed by atoms with van der Waals surface area (Å²) in [7, 11) is 0. The zero-order valence-electron chi connectivity index (χ0n) is 26.6. The first-order valence-corrected chi connectivity index (χ1v) is 15.9. The highest BCUT2D eigenvalue weighted by molar-refractivity contribution is 5.80. The van der Waals surface area contributed by atoms with Crippen LogP contribution in [0.25, 0.3) is 21.9 Å². The van der Waals surface area contributed by atoms with Crippen LogP contribution in [-0.2, 0) is 19.4 Å². The Labute approximate surface area is 270 Å². The maximum absolute atomic E-state index is 9.93. The van der Waals surface area contributed by atoms with E-state index in [-0.39, 0.29) is 13.2 Å². The summed E-state index contributed by atoms with van der Waals surface area (Å²) >= 11 is 0. The van der Waals surface area contributed by atoms with Gasteiger partial charge in [0.1, 0.15) is 41.1 Å². The van der Waals surface area contributed by atoms with E-state index in [9.17, 15) is 5.11 Å². The molecule has 0 spiro atoms. The summed E-state index contributed by atoms with van der Waals surface area (Å²) in [6.45, 7) is 6.42. The van der Waals surface area contributed by atoms with Gasteiger partial charge in [-0.25, -0.2) is 0 Å². The third-order valence-corrected chi connectivity index (χ3v) is 7.43. The van der Waals surface area contributed by atoms with Crippen molar-refractivity contribution < 1.29 is 23.8 Å². The summed E-state index contributed by atoms with van der Waals surface area (Å²) in [6.07, 6.45) is 1.05. The summed E-state index contributed by atoms with van der Waals surface area (Å²) in [6, 6.07) is 37.0. The fourth-order valence-corrected chi connectivity index (χ4v) is 5.13. The van der Waals surface area contributed by atoms with Gasteiger partial charge in [-0.15, -0.1) is 0 Å². The molecule has 0 bridgehead atoms. The average Bonchev–Trinajstić information content (AvgIpc) is 3.66. The monoisotopic (exact) mass is 620 g/mol. The van der Waals surface area contributed by atoms with Crippen molar-refractivity contribution >= 4 is 21.9 Å². The summed E-state index contributed by atoms with van der Waals surface area (Å²) in [4.78, 5) is 0. The molecule has 0 aliphatic rings. The van der Waals surface area contributed by atoms with Crippen LogP contribution >= 0.6 is 0 Å². The number of rotatable bonds is 14. The van der Waals surface area contributed by atoms with E-state index in [1.807, 2.05) is 80.6 Å². The lowest BCUT2D eigenvalue weighted by Crippen LogP contribution is -2.35. The number of aliphatic hydroxyl groups is 2. The van der Waals surface area contributed by atoms with Crippen molar-refractivity contribution in [2.75, 3.05) is 26.3 Å². The van der Waals surface area contributed by atoms with E-state index in [4.69, 9.17) is 18.7 Å². The largest absolute Gasteiger partial charge is 0.491 e. The molecule has 46 heavy (non-hydrogen) atoms. The number of furan rings is 2. The molecule has 0 aliphatic carbocycles. The molecule has 240 valence electrons. The molecule has 7 heteroatoms. The van der Waals surface area contributed by atoms with Gasteiger partial charge in [-0.1, -0.05) is 80.6 Å². The van der Waals surface area contributed by atoms with Crippen LogP contribution in [0.3, 0.4) is 0 Å². The van der Waals surface area contributed by atoms with E-state index in [1.54, 1.807) is 0 Å². The third-order valence-electron chi connectivity index (χ3n) is 7.43. The van der Waals surface area contributed by atoms with E-state index in [0.717, 1.165) is 58.6 Å². The van der Waals surface area contributed by atoms with Crippen LogP contribution < -0.4 is 15.4 Å². The van der Waals surface area contributed by atoms with Gasteiger partial charge in [-0.05, 0) is 59.2 Å². The van der Waals surface area contributed by atoms with E-state index < -0.39 is 6.10 Å². The lowest BCUT2D eigenvalue weighted by molar-refractivity contribution is 0.105. The van der Waals surface area contributed by atoms with Crippen LogP contribution in [0.4, 0.5) is 0 Å². The van der Waals surface area contributed by atoms with Gasteiger partial charge in [0.25, 0.3) is 0 Å². The maximum Gasteiger partial charge on any atom is 0.134 e. The van der Waals surface area contributed by atoms with E-state index >= 15 is 0 Å². The number of hydrogen-bond donors (Lipinski definition) is 4. The third kappa shape index (κ3) is 10.1. The van der Waals surface area contributed by atoms with Gasteiger partial charge in [0.2, 0.25) is 0 Å². The van der Waals surface area contributed by atoms with Crippen molar-refractivity contribution in [3.8, 4) is 5.75 Å². The maximum atomic E-state index is 9.93. The second kappa shape index (κ2) is 16.8. The zero-order valence-corrected chi connectivity index (χ0v) is 26.6. The minimum absolute atomic E-state index is 0.162. The Morgan fingerprint density at radius 3 is 1.87 bits per heavy atom. The molecule has 1 unspecified atom stereocenters. The van der Waals surface area contributed by atoms with Gasteiger partial charge in [-0.3, -0.25) is 0 Å². The molecule has 0 saturated heterocycles. The predicted octanol–water partition coefficient (Wildman–Crippen LogP) is 6.87. The summed E-state index contributed by atoms with van der Waals surface area (Å²) in [5.74, 6) is 2.65. The molecule has 1 atom stereocenters. The van der Waals surface area contributed by atoms with Crippen LogP contribution in [0.1, 0.15) is 42.1 Å². The number of hydrogen-bond acceptors (Lipinski definition) is 7. The molecule has 6 aromatic rings. The molecule has 2 heterocycles. The van der Waals surface area contributed by atoms with Gasteiger partial charge in [0.05, 0.1) is 6.61 Å². The van der Waals surface area contributed by atoms with Crippen molar-refractivity contribution in [2.24, 2.45) is 0 Å². The number of ether oxygens (including phenoxy) is 1. The number of benzene rings is 4.